The van der Waals surface area contributed by atoms with Crippen LogP contribution in [0.3, 0.4) is 0 Å². The Balaban J connectivity index is 2.97. The van der Waals surface area contributed by atoms with Gasteiger partial charge in [0.15, 0.2) is 5.75 Å². The first-order valence-electron chi connectivity index (χ1n) is 5.14. The molecule has 1 aromatic carbocycles. The summed E-state index contributed by atoms with van der Waals surface area (Å²) in [5.74, 6) is 0.689. The first-order valence-corrected chi connectivity index (χ1v) is 5.14. The predicted octanol–water partition coefficient (Wildman–Crippen LogP) is 3.40. The maximum absolute atomic E-state index is 11.6. The molecule has 3 nitrogen and oxygen atoms in total. The van der Waals surface area contributed by atoms with Gasteiger partial charge < -0.3 is 9.47 Å². The second-order valence-electron chi connectivity index (χ2n) is 3.92. The molecule has 0 saturated carbocycles. The molecular formula is C12H17O3. The van der Waals surface area contributed by atoms with Crippen molar-refractivity contribution in [3.8, 4) is 17.2 Å². The smallest absolute Gasteiger partial charge is 0.224 e. The predicted molar refractivity (Wildman–Crippen MR) is 58.1 cm³/mol. The Morgan fingerprint density at radius 1 is 1.00 bits per heavy atom. The fraction of sp³-hybridized carbons (Fsp3) is 0.500. The lowest BCUT2D eigenvalue weighted by Gasteiger charge is -2.16. The lowest BCUT2D eigenvalue weighted by Crippen LogP contribution is -2.10. The molecule has 0 fully saturated rings. The zero-order valence-corrected chi connectivity index (χ0v) is 9.61. The molecule has 0 unspecified atom stereocenters. The second-order valence-corrected chi connectivity index (χ2v) is 3.92. The third-order valence-electron chi connectivity index (χ3n) is 1.66. The van der Waals surface area contributed by atoms with Crippen molar-refractivity contribution in [1.29, 1.82) is 0 Å². The maximum atomic E-state index is 11.6. The Morgan fingerprint density at radius 3 is 2.13 bits per heavy atom. The molecule has 0 bridgehead atoms. The molecule has 0 amide bonds. The zero-order valence-electron chi connectivity index (χ0n) is 9.61. The molecule has 15 heavy (non-hydrogen) atoms. The van der Waals surface area contributed by atoms with E-state index in [-0.39, 0.29) is 18.0 Å². The van der Waals surface area contributed by atoms with E-state index in [1.165, 1.54) is 6.07 Å². The van der Waals surface area contributed by atoms with Gasteiger partial charge in [0.05, 0.1) is 12.2 Å². The van der Waals surface area contributed by atoms with Crippen molar-refractivity contribution in [2.75, 3.05) is 0 Å². The Hall–Kier alpha value is -1.38. The molecule has 0 spiro atoms. The molecule has 83 valence electrons. The topological polar surface area (TPSA) is 38.4 Å². The van der Waals surface area contributed by atoms with Crippen LogP contribution in [0.4, 0.5) is 0 Å². The van der Waals surface area contributed by atoms with E-state index < -0.39 is 0 Å². The van der Waals surface area contributed by atoms with Crippen LogP contribution in [0.1, 0.15) is 27.7 Å². The molecular weight excluding hydrogens is 192 g/mol. The normalized spacial score (nSPS) is 10.8. The number of rotatable bonds is 4. The summed E-state index contributed by atoms with van der Waals surface area (Å²) >= 11 is 0. The fourth-order valence-electron chi connectivity index (χ4n) is 1.19. The summed E-state index contributed by atoms with van der Waals surface area (Å²) in [5, 5.41) is 11.6. The minimum absolute atomic E-state index is 0.0290. The standard InChI is InChI=1S/C12H17O3/c1-8(2)14-11-7-5-6-10(13)12(11)15-9(3)4/h5-9H,1-4H3. The van der Waals surface area contributed by atoms with Crippen molar-refractivity contribution in [3.05, 3.63) is 18.2 Å². The van der Waals surface area contributed by atoms with Crippen LogP contribution in [0.5, 0.6) is 17.2 Å². The van der Waals surface area contributed by atoms with E-state index in [1.807, 2.05) is 27.7 Å². The van der Waals surface area contributed by atoms with E-state index in [9.17, 15) is 5.11 Å². The Kier molecular flexibility index (Phi) is 3.83. The van der Waals surface area contributed by atoms with E-state index >= 15 is 0 Å². The van der Waals surface area contributed by atoms with E-state index in [4.69, 9.17) is 9.47 Å². The summed E-state index contributed by atoms with van der Waals surface area (Å²) in [6, 6.07) is 4.90. The quantitative estimate of drug-likeness (QED) is 0.762. The van der Waals surface area contributed by atoms with Gasteiger partial charge in [-0.15, -0.1) is 0 Å². The molecule has 0 atom stereocenters. The Labute approximate surface area is 90.6 Å². The Bertz CT molecular complexity index is 319. The summed E-state index contributed by atoms with van der Waals surface area (Å²) in [4.78, 5) is 0. The van der Waals surface area contributed by atoms with Crippen molar-refractivity contribution in [2.45, 2.75) is 39.9 Å². The molecule has 0 saturated heterocycles. The van der Waals surface area contributed by atoms with Crippen molar-refractivity contribution in [1.82, 2.24) is 0 Å². The summed E-state index contributed by atoms with van der Waals surface area (Å²) in [5.41, 5.74) is 0. The highest BCUT2D eigenvalue weighted by Gasteiger charge is 2.14. The molecule has 0 aliphatic heterocycles. The van der Waals surface area contributed by atoms with Crippen LogP contribution in [-0.4, -0.2) is 12.2 Å². The third-order valence-corrected chi connectivity index (χ3v) is 1.66. The van der Waals surface area contributed by atoms with Gasteiger partial charge in [0.1, 0.15) is 0 Å². The minimum Gasteiger partial charge on any atom is -0.487 e. The van der Waals surface area contributed by atoms with Gasteiger partial charge in [0.25, 0.3) is 0 Å². The van der Waals surface area contributed by atoms with Gasteiger partial charge in [-0.1, -0.05) is 6.07 Å². The summed E-state index contributed by atoms with van der Waals surface area (Å²) in [7, 11) is 0. The van der Waals surface area contributed by atoms with Crippen LogP contribution in [0.25, 0.3) is 0 Å². The van der Waals surface area contributed by atoms with Crippen molar-refractivity contribution in [3.63, 3.8) is 0 Å². The summed E-state index contributed by atoms with van der Waals surface area (Å²) in [6.45, 7) is 7.59. The number of hydrogen-bond acceptors (Lipinski definition) is 2. The van der Waals surface area contributed by atoms with Gasteiger partial charge in [-0.3, -0.25) is 5.11 Å². The van der Waals surface area contributed by atoms with Gasteiger partial charge in [0.2, 0.25) is 11.5 Å². The van der Waals surface area contributed by atoms with Crippen LogP contribution in [0.2, 0.25) is 0 Å². The fourth-order valence-corrected chi connectivity index (χ4v) is 1.19. The molecule has 0 aliphatic rings. The highest BCUT2D eigenvalue weighted by atomic mass is 16.5. The average Bonchev–Trinajstić information content (AvgIpc) is 2.09. The zero-order chi connectivity index (χ0) is 11.4. The molecule has 3 heteroatoms. The summed E-state index contributed by atoms with van der Waals surface area (Å²) in [6.07, 6.45) is -0.00377. The van der Waals surface area contributed by atoms with Gasteiger partial charge in [-0.25, -0.2) is 0 Å². The van der Waals surface area contributed by atoms with Gasteiger partial charge >= 0.3 is 0 Å². The van der Waals surface area contributed by atoms with Gasteiger partial charge in [0, 0.05) is 0 Å². The van der Waals surface area contributed by atoms with E-state index in [2.05, 4.69) is 0 Å². The van der Waals surface area contributed by atoms with E-state index in [0.717, 1.165) is 0 Å². The number of para-hydroxylation sites is 1. The SMILES string of the molecule is CC(C)Oc1cccc([O])c1OC(C)C. The molecule has 1 aromatic rings. The lowest BCUT2D eigenvalue weighted by atomic mass is 10.3. The second kappa shape index (κ2) is 4.91. The van der Waals surface area contributed by atoms with E-state index in [0.29, 0.717) is 11.5 Å². The van der Waals surface area contributed by atoms with Crippen molar-refractivity contribution < 1.29 is 14.6 Å². The highest BCUT2D eigenvalue weighted by molar-refractivity contribution is 5.50. The average molecular weight is 209 g/mol. The van der Waals surface area contributed by atoms with Crippen LogP contribution in [0.15, 0.2) is 18.2 Å². The van der Waals surface area contributed by atoms with Crippen LogP contribution < -0.4 is 9.47 Å². The van der Waals surface area contributed by atoms with Crippen molar-refractivity contribution in [2.24, 2.45) is 0 Å². The minimum atomic E-state index is -0.137. The number of ether oxygens (including phenoxy) is 2. The van der Waals surface area contributed by atoms with Crippen molar-refractivity contribution >= 4 is 0 Å². The van der Waals surface area contributed by atoms with E-state index in [1.54, 1.807) is 12.1 Å². The first kappa shape index (κ1) is 11.7. The molecule has 1 rings (SSSR count). The number of benzene rings is 1. The lowest BCUT2D eigenvalue weighted by molar-refractivity contribution is 0.186. The highest BCUT2D eigenvalue weighted by Crippen LogP contribution is 2.37. The molecule has 0 N–H and O–H groups in total. The van der Waals surface area contributed by atoms with Crippen LogP contribution in [-0.2, 0) is 5.11 Å². The molecule has 0 heterocycles. The monoisotopic (exact) mass is 209 g/mol. The third kappa shape index (κ3) is 3.35. The Morgan fingerprint density at radius 2 is 1.60 bits per heavy atom. The van der Waals surface area contributed by atoms with Crippen LogP contribution in [0, 0.1) is 0 Å². The maximum Gasteiger partial charge on any atom is 0.224 e. The van der Waals surface area contributed by atoms with Gasteiger partial charge in [-0.2, -0.15) is 0 Å². The van der Waals surface area contributed by atoms with Crippen LogP contribution >= 0.6 is 0 Å². The molecule has 0 aromatic heterocycles. The first-order chi connectivity index (χ1) is 7.00. The molecule has 1 radical (unpaired) electrons. The van der Waals surface area contributed by atoms with Gasteiger partial charge in [-0.05, 0) is 39.8 Å². The summed E-state index contributed by atoms with van der Waals surface area (Å²) < 4.78 is 10.9. The largest absolute Gasteiger partial charge is 0.487 e. The number of hydrogen-bond donors (Lipinski definition) is 0. The molecule has 0 aliphatic carbocycles.